The van der Waals surface area contributed by atoms with Crippen molar-refractivity contribution in [3.63, 3.8) is 0 Å². The molecule has 0 aliphatic carbocycles. The van der Waals surface area contributed by atoms with Crippen LogP contribution in [0.4, 0.5) is 0 Å². The van der Waals surface area contributed by atoms with Gasteiger partial charge in [0.15, 0.2) is 0 Å². The molecule has 16 heavy (non-hydrogen) atoms. The van der Waals surface area contributed by atoms with Gasteiger partial charge in [-0.3, -0.25) is 0 Å². The molecule has 0 amide bonds. The van der Waals surface area contributed by atoms with Crippen LogP contribution >= 0.6 is 0 Å². The highest BCUT2D eigenvalue weighted by molar-refractivity contribution is 5.38. The fourth-order valence-corrected chi connectivity index (χ4v) is 1.49. The number of phenolic OH excluding ortho intramolecular Hbond substituents is 2. The Morgan fingerprint density at radius 3 is 2.69 bits per heavy atom. The topological polar surface area (TPSA) is 72.7 Å². The van der Waals surface area contributed by atoms with Gasteiger partial charge < -0.3 is 20.6 Å². The van der Waals surface area contributed by atoms with Crippen molar-refractivity contribution in [3.8, 4) is 11.5 Å². The normalized spacial score (nSPS) is 12.6. The Kier molecular flexibility index (Phi) is 5.08. The molecule has 1 aromatic carbocycles. The van der Waals surface area contributed by atoms with Crippen molar-refractivity contribution < 1.29 is 15.3 Å². The van der Waals surface area contributed by atoms with Gasteiger partial charge in [-0.05, 0) is 25.8 Å². The van der Waals surface area contributed by atoms with E-state index >= 15 is 0 Å². The molecule has 0 saturated heterocycles. The zero-order chi connectivity index (χ0) is 12.0. The lowest BCUT2D eigenvalue weighted by Gasteiger charge is -2.13. The van der Waals surface area contributed by atoms with Gasteiger partial charge in [-0.1, -0.05) is 6.07 Å². The molecule has 0 aliphatic heterocycles. The van der Waals surface area contributed by atoms with E-state index in [2.05, 4.69) is 5.32 Å². The first-order valence-electron chi connectivity index (χ1n) is 5.48. The first-order chi connectivity index (χ1) is 7.63. The van der Waals surface area contributed by atoms with Crippen LogP contribution in [0.5, 0.6) is 11.5 Å². The van der Waals surface area contributed by atoms with E-state index in [-0.39, 0.29) is 18.1 Å². The summed E-state index contributed by atoms with van der Waals surface area (Å²) in [4.78, 5) is 0. The van der Waals surface area contributed by atoms with Crippen LogP contribution in [0, 0.1) is 0 Å². The number of hydrogen-bond donors (Lipinski definition) is 4. The minimum Gasteiger partial charge on any atom is -0.508 e. The number of hydrogen-bond acceptors (Lipinski definition) is 4. The van der Waals surface area contributed by atoms with E-state index in [0.29, 0.717) is 12.6 Å². The maximum Gasteiger partial charge on any atom is 0.123 e. The summed E-state index contributed by atoms with van der Waals surface area (Å²) in [5, 5.41) is 30.6. The minimum absolute atomic E-state index is 0.0644. The zero-order valence-electron chi connectivity index (χ0n) is 9.48. The van der Waals surface area contributed by atoms with E-state index in [1.54, 1.807) is 12.1 Å². The summed E-state index contributed by atoms with van der Waals surface area (Å²) in [6, 6.07) is 4.86. The predicted molar refractivity (Wildman–Crippen MR) is 62.4 cm³/mol. The van der Waals surface area contributed by atoms with Crippen molar-refractivity contribution in [1.29, 1.82) is 0 Å². The first-order valence-corrected chi connectivity index (χ1v) is 5.48. The molecular weight excluding hydrogens is 206 g/mol. The Labute approximate surface area is 95.6 Å². The number of aliphatic hydroxyl groups is 1. The number of phenols is 2. The lowest BCUT2D eigenvalue weighted by atomic mass is 10.1. The van der Waals surface area contributed by atoms with Crippen molar-refractivity contribution in [1.82, 2.24) is 5.32 Å². The summed E-state index contributed by atoms with van der Waals surface area (Å²) in [5.41, 5.74) is 0.758. The van der Waals surface area contributed by atoms with Gasteiger partial charge in [0.05, 0.1) is 0 Å². The van der Waals surface area contributed by atoms with Gasteiger partial charge in [0.1, 0.15) is 11.5 Å². The lowest BCUT2D eigenvalue weighted by molar-refractivity contribution is 0.276. The lowest BCUT2D eigenvalue weighted by Crippen LogP contribution is -2.25. The van der Waals surface area contributed by atoms with Crippen LogP contribution in [0.3, 0.4) is 0 Å². The summed E-state index contributed by atoms with van der Waals surface area (Å²) in [6.45, 7) is 2.79. The summed E-state index contributed by atoms with van der Waals surface area (Å²) in [5.74, 6) is 0.163. The Morgan fingerprint density at radius 2 is 2.06 bits per heavy atom. The third-order valence-electron chi connectivity index (χ3n) is 2.51. The second kappa shape index (κ2) is 6.35. The second-order valence-electron chi connectivity index (χ2n) is 3.96. The average molecular weight is 225 g/mol. The first kappa shape index (κ1) is 12.8. The second-order valence-corrected chi connectivity index (χ2v) is 3.96. The van der Waals surface area contributed by atoms with Crippen LogP contribution in [-0.2, 0) is 6.54 Å². The zero-order valence-corrected chi connectivity index (χ0v) is 9.48. The molecule has 4 nitrogen and oxygen atoms in total. The molecule has 4 heteroatoms. The predicted octanol–water partition coefficient (Wildman–Crippen LogP) is 1.35. The highest BCUT2D eigenvalue weighted by Gasteiger charge is 2.05. The number of benzene rings is 1. The fraction of sp³-hybridized carbons (Fsp3) is 0.500. The van der Waals surface area contributed by atoms with E-state index in [1.165, 1.54) is 6.07 Å². The smallest absolute Gasteiger partial charge is 0.123 e. The molecule has 1 aromatic rings. The van der Waals surface area contributed by atoms with Gasteiger partial charge in [0.2, 0.25) is 0 Å². The molecular formula is C12H19NO3. The third kappa shape index (κ3) is 4.08. The molecule has 0 fully saturated rings. The molecule has 0 bridgehead atoms. The van der Waals surface area contributed by atoms with Crippen molar-refractivity contribution in [2.45, 2.75) is 32.4 Å². The maximum atomic E-state index is 9.54. The van der Waals surface area contributed by atoms with E-state index in [9.17, 15) is 5.11 Å². The maximum absolute atomic E-state index is 9.54. The van der Waals surface area contributed by atoms with Crippen LogP contribution in [0.2, 0.25) is 0 Å². The van der Waals surface area contributed by atoms with E-state index in [4.69, 9.17) is 10.2 Å². The van der Waals surface area contributed by atoms with Crippen LogP contribution in [0.15, 0.2) is 18.2 Å². The Balaban J connectivity index is 2.42. The molecule has 1 rings (SSSR count). The Bertz CT molecular complexity index is 328. The van der Waals surface area contributed by atoms with Crippen molar-refractivity contribution in [3.05, 3.63) is 23.8 Å². The molecule has 0 aliphatic rings. The van der Waals surface area contributed by atoms with Gasteiger partial charge in [-0.25, -0.2) is 0 Å². The molecule has 1 unspecified atom stereocenters. The van der Waals surface area contributed by atoms with Crippen LogP contribution in [0.1, 0.15) is 25.3 Å². The van der Waals surface area contributed by atoms with Crippen molar-refractivity contribution in [2.75, 3.05) is 6.61 Å². The highest BCUT2D eigenvalue weighted by atomic mass is 16.3. The van der Waals surface area contributed by atoms with E-state index < -0.39 is 0 Å². The summed E-state index contributed by atoms with van der Waals surface area (Å²) in [7, 11) is 0. The molecule has 0 heterocycles. The van der Waals surface area contributed by atoms with Gasteiger partial charge in [0, 0.05) is 30.8 Å². The number of aliphatic hydroxyl groups excluding tert-OH is 1. The standard InChI is InChI=1S/C12H19NO3/c1-9(3-2-6-14)13-8-10-4-5-11(15)7-12(10)16/h4-5,7,9,13-16H,2-3,6,8H2,1H3. The quantitative estimate of drug-likeness (QED) is 0.589. The van der Waals surface area contributed by atoms with Crippen molar-refractivity contribution in [2.24, 2.45) is 0 Å². The van der Waals surface area contributed by atoms with Crippen molar-refractivity contribution >= 4 is 0 Å². The number of aromatic hydroxyl groups is 2. The molecule has 0 saturated carbocycles. The van der Waals surface area contributed by atoms with Gasteiger partial charge >= 0.3 is 0 Å². The summed E-state index contributed by atoms with van der Waals surface area (Å²) in [6.07, 6.45) is 1.67. The van der Waals surface area contributed by atoms with Crippen LogP contribution in [-0.4, -0.2) is 28.0 Å². The molecule has 90 valence electrons. The Morgan fingerprint density at radius 1 is 1.31 bits per heavy atom. The number of rotatable bonds is 6. The van der Waals surface area contributed by atoms with Gasteiger partial charge in [-0.2, -0.15) is 0 Å². The molecule has 1 atom stereocenters. The van der Waals surface area contributed by atoms with Crippen LogP contribution < -0.4 is 5.32 Å². The van der Waals surface area contributed by atoms with E-state index in [1.807, 2.05) is 6.92 Å². The van der Waals surface area contributed by atoms with Gasteiger partial charge in [0.25, 0.3) is 0 Å². The number of nitrogens with one attached hydrogen (secondary N) is 1. The third-order valence-corrected chi connectivity index (χ3v) is 2.51. The molecule has 0 aromatic heterocycles. The highest BCUT2D eigenvalue weighted by Crippen LogP contribution is 2.22. The molecule has 4 N–H and O–H groups in total. The largest absolute Gasteiger partial charge is 0.508 e. The van der Waals surface area contributed by atoms with Gasteiger partial charge in [-0.15, -0.1) is 0 Å². The molecule has 0 radical (unpaired) electrons. The van der Waals surface area contributed by atoms with Crippen LogP contribution in [0.25, 0.3) is 0 Å². The molecule has 0 spiro atoms. The SMILES string of the molecule is CC(CCCO)NCc1ccc(O)cc1O. The monoisotopic (exact) mass is 225 g/mol. The summed E-state index contributed by atoms with van der Waals surface area (Å²) < 4.78 is 0. The fourth-order valence-electron chi connectivity index (χ4n) is 1.49. The Hall–Kier alpha value is -1.26. The summed E-state index contributed by atoms with van der Waals surface area (Å²) >= 11 is 0. The van der Waals surface area contributed by atoms with E-state index in [0.717, 1.165) is 18.4 Å². The average Bonchev–Trinajstić information content (AvgIpc) is 2.25. The minimum atomic E-state index is 0.0644.